The molecular weight excluding hydrogens is 210 g/mol. The number of fused-ring (bicyclic) bond motifs is 1. The fourth-order valence-corrected chi connectivity index (χ4v) is 1.81. The van der Waals surface area contributed by atoms with E-state index in [1.807, 2.05) is 18.2 Å². The average molecular weight is 216 g/mol. The summed E-state index contributed by atoms with van der Waals surface area (Å²) in [6.07, 6.45) is 0. The van der Waals surface area contributed by atoms with Crippen LogP contribution in [0.1, 0.15) is 10.5 Å². The van der Waals surface area contributed by atoms with Crippen LogP contribution in [0, 0.1) is 0 Å². The number of rotatable bonds is 1. The van der Waals surface area contributed by atoms with Crippen LogP contribution in [-0.2, 0) is 0 Å². The molecule has 0 amide bonds. The van der Waals surface area contributed by atoms with Gasteiger partial charge < -0.3 is 5.11 Å². The van der Waals surface area contributed by atoms with Gasteiger partial charge >= 0.3 is 5.97 Å². The zero-order chi connectivity index (χ0) is 8.55. The predicted octanol–water partition coefficient (Wildman–Crippen LogP) is 2.42. The second-order valence-corrected chi connectivity index (χ2v) is 3.14. The predicted molar refractivity (Wildman–Crippen MR) is 53.8 cm³/mol. The standard InChI is InChI=1S/C8H5NO2S.ClH/c10-8(11)7-5-3-1-2-4-6(5)12-9-7;/h1-4H,(H,10,11);1H. The molecule has 0 aliphatic rings. The van der Waals surface area contributed by atoms with E-state index < -0.39 is 5.97 Å². The summed E-state index contributed by atoms with van der Waals surface area (Å²) >= 11 is 1.21. The molecule has 13 heavy (non-hydrogen) atoms. The first-order valence-corrected chi connectivity index (χ1v) is 4.14. The highest BCUT2D eigenvalue weighted by atomic mass is 35.5. The Kier molecular flexibility index (Phi) is 2.85. The molecule has 3 nitrogen and oxygen atoms in total. The molecule has 1 aromatic carbocycles. The lowest BCUT2D eigenvalue weighted by Gasteiger charge is -1.87. The van der Waals surface area contributed by atoms with Gasteiger partial charge in [-0.2, -0.15) is 4.37 Å². The minimum absolute atomic E-state index is 0. The summed E-state index contributed by atoms with van der Waals surface area (Å²) in [5.41, 5.74) is 0.149. The number of nitrogens with zero attached hydrogens (tertiary/aromatic N) is 1. The van der Waals surface area contributed by atoms with Crippen LogP contribution in [0.4, 0.5) is 0 Å². The van der Waals surface area contributed by atoms with E-state index in [1.54, 1.807) is 6.07 Å². The molecule has 0 unspecified atom stereocenters. The van der Waals surface area contributed by atoms with Crippen molar-refractivity contribution in [1.82, 2.24) is 4.37 Å². The van der Waals surface area contributed by atoms with Crippen LogP contribution in [-0.4, -0.2) is 15.4 Å². The zero-order valence-corrected chi connectivity index (χ0v) is 8.06. The molecule has 0 aliphatic heterocycles. The molecular formula is C8H6ClNO2S. The molecule has 1 aromatic heterocycles. The van der Waals surface area contributed by atoms with Gasteiger partial charge in [0, 0.05) is 5.39 Å². The second-order valence-electron chi connectivity index (χ2n) is 2.33. The summed E-state index contributed by atoms with van der Waals surface area (Å²) in [7, 11) is 0. The van der Waals surface area contributed by atoms with Crippen LogP contribution >= 0.6 is 23.9 Å². The molecule has 0 saturated heterocycles. The average Bonchev–Trinajstić information content (AvgIpc) is 2.47. The van der Waals surface area contributed by atoms with E-state index in [1.165, 1.54) is 11.5 Å². The molecule has 1 heterocycles. The van der Waals surface area contributed by atoms with Gasteiger partial charge in [-0.3, -0.25) is 0 Å². The first kappa shape index (κ1) is 9.95. The fraction of sp³-hybridized carbons (Fsp3) is 0. The third-order valence-electron chi connectivity index (χ3n) is 1.58. The maximum Gasteiger partial charge on any atom is 0.356 e. The Balaban J connectivity index is 0.000000845. The Morgan fingerprint density at radius 2 is 2.08 bits per heavy atom. The van der Waals surface area contributed by atoms with Gasteiger partial charge in [0.25, 0.3) is 0 Å². The van der Waals surface area contributed by atoms with E-state index in [4.69, 9.17) is 5.11 Å². The number of halogens is 1. The molecule has 68 valence electrons. The summed E-state index contributed by atoms with van der Waals surface area (Å²) in [6.45, 7) is 0. The number of carboxylic acid groups (broad SMARTS) is 1. The van der Waals surface area contributed by atoms with Crippen molar-refractivity contribution in [2.24, 2.45) is 0 Å². The van der Waals surface area contributed by atoms with Crippen LogP contribution < -0.4 is 0 Å². The third kappa shape index (κ3) is 1.64. The second kappa shape index (κ2) is 3.72. The molecule has 5 heteroatoms. The smallest absolute Gasteiger partial charge is 0.356 e. The molecule has 0 radical (unpaired) electrons. The lowest BCUT2D eigenvalue weighted by molar-refractivity contribution is 0.0694. The summed E-state index contributed by atoms with van der Waals surface area (Å²) in [5.74, 6) is -0.965. The van der Waals surface area contributed by atoms with Crippen molar-refractivity contribution < 1.29 is 9.90 Å². The minimum atomic E-state index is -0.965. The maximum absolute atomic E-state index is 10.6. The van der Waals surface area contributed by atoms with E-state index in [0.717, 1.165) is 10.1 Å². The largest absolute Gasteiger partial charge is 0.476 e. The number of hydrogen-bond donors (Lipinski definition) is 1. The highest BCUT2D eigenvalue weighted by Crippen LogP contribution is 2.21. The SMILES string of the molecule is Cl.O=C(O)c1nsc2ccccc12. The number of aromatic nitrogens is 1. The first-order valence-electron chi connectivity index (χ1n) is 3.37. The first-order chi connectivity index (χ1) is 5.79. The van der Waals surface area contributed by atoms with Crippen LogP contribution in [0.5, 0.6) is 0 Å². The fourth-order valence-electron chi connectivity index (χ4n) is 1.04. The highest BCUT2D eigenvalue weighted by molar-refractivity contribution is 7.13. The number of carboxylic acids is 1. The number of hydrogen-bond acceptors (Lipinski definition) is 3. The molecule has 0 aliphatic carbocycles. The van der Waals surface area contributed by atoms with Crippen molar-refractivity contribution in [3.8, 4) is 0 Å². The monoisotopic (exact) mass is 215 g/mol. The van der Waals surface area contributed by atoms with Crippen LogP contribution in [0.3, 0.4) is 0 Å². The number of carbonyl (C=O) groups is 1. The Hall–Kier alpha value is -1.13. The molecule has 0 saturated carbocycles. The Morgan fingerprint density at radius 3 is 2.77 bits per heavy atom. The summed E-state index contributed by atoms with van der Waals surface area (Å²) in [4.78, 5) is 10.6. The van der Waals surface area contributed by atoms with E-state index in [9.17, 15) is 4.79 Å². The molecule has 0 spiro atoms. The maximum atomic E-state index is 10.6. The van der Waals surface area contributed by atoms with Crippen molar-refractivity contribution in [1.29, 1.82) is 0 Å². The summed E-state index contributed by atoms with van der Waals surface area (Å²) in [6, 6.07) is 7.30. The topological polar surface area (TPSA) is 50.2 Å². The van der Waals surface area contributed by atoms with Crippen molar-refractivity contribution in [2.45, 2.75) is 0 Å². The minimum Gasteiger partial charge on any atom is -0.476 e. The van der Waals surface area contributed by atoms with Crippen LogP contribution in [0.15, 0.2) is 24.3 Å². The van der Waals surface area contributed by atoms with Crippen molar-refractivity contribution in [3.05, 3.63) is 30.0 Å². The summed E-state index contributed by atoms with van der Waals surface area (Å²) in [5, 5.41) is 9.43. The van der Waals surface area contributed by atoms with Crippen LogP contribution in [0.2, 0.25) is 0 Å². The molecule has 2 rings (SSSR count). The van der Waals surface area contributed by atoms with Crippen molar-refractivity contribution in [2.75, 3.05) is 0 Å². The Bertz CT molecular complexity index is 440. The van der Waals surface area contributed by atoms with Crippen molar-refractivity contribution >= 4 is 40.0 Å². The zero-order valence-electron chi connectivity index (χ0n) is 6.43. The van der Waals surface area contributed by atoms with Gasteiger partial charge in [0.05, 0.1) is 4.70 Å². The highest BCUT2D eigenvalue weighted by Gasteiger charge is 2.11. The van der Waals surface area contributed by atoms with Gasteiger partial charge in [-0.15, -0.1) is 12.4 Å². The third-order valence-corrected chi connectivity index (χ3v) is 2.41. The van der Waals surface area contributed by atoms with Gasteiger partial charge in [0.2, 0.25) is 0 Å². The molecule has 2 aromatic rings. The number of benzene rings is 1. The quantitative estimate of drug-likeness (QED) is 0.795. The Labute approximate surface area is 84.6 Å². The summed E-state index contributed by atoms with van der Waals surface area (Å²) < 4.78 is 4.75. The van der Waals surface area contributed by atoms with Gasteiger partial charge in [-0.05, 0) is 17.6 Å². The van der Waals surface area contributed by atoms with E-state index in [0.29, 0.717) is 0 Å². The molecule has 0 atom stereocenters. The van der Waals surface area contributed by atoms with Crippen LogP contribution in [0.25, 0.3) is 10.1 Å². The van der Waals surface area contributed by atoms with E-state index in [2.05, 4.69) is 4.37 Å². The van der Waals surface area contributed by atoms with Gasteiger partial charge in [-0.25, -0.2) is 4.79 Å². The van der Waals surface area contributed by atoms with Gasteiger partial charge in [0.15, 0.2) is 5.69 Å². The number of aromatic carboxylic acids is 1. The Morgan fingerprint density at radius 1 is 1.38 bits per heavy atom. The lowest BCUT2D eigenvalue weighted by atomic mass is 10.2. The van der Waals surface area contributed by atoms with Gasteiger partial charge in [0.1, 0.15) is 0 Å². The van der Waals surface area contributed by atoms with Crippen molar-refractivity contribution in [3.63, 3.8) is 0 Å². The van der Waals surface area contributed by atoms with E-state index in [-0.39, 0.29) is 18.1 Å². The normalized spacial score (nSPS) is 9.54. The molecule has 0 bridgehead atoms. The molecule has 0 fully saturated rings. The van der Waals surface area contributed by atoms with Gasteiger partial charge in [-0.1, -0.05) is 18.2 Å². The lowest BCUT2D eigenvalue weighted by Crippen LogP contribution is -1.95. The van der Waals surface area contributed by atoms with E-state index >= 15 is 0 Å². The molecule has 1 N–H and O–H groups in total.